The second kappa shape index (κ2) is 5.60. The Labute approximate surface area is 94.4 Å². The molecule has 1 fully saturated rings. The molecule has 6 nitrogen and oxygen atoms in total. The first-order valence-electron chi connectivity index (χ1n) is 5.69. The van der Waals surface area contributed by atoms with Crippen molar-refractivity contribution in [1.82, 2.24) is 25.6 Å². The number of carbonyl (C=O) groups excluding carboxylic acids is 1. The highest BCUT2D eigenvalue weighted by Crippen LogP contribution is 2.18. The molecule has 0 aliphatic heterocycles. The molecule has 2 N–H and O–H groups in total. The van der Waals surface area contributed by atoms with Crippen LogP contribution in [0.5, 0.6) is 0 Å². The number of hydrogen-bond donors (Lipinski definition) is 2. The van der Waals surface area contributed by atoms with E-state index < -0.39 is 0 Å². The number of nitrogens with zero attached hydrogens (tertiary/aromatic N) is 3. The molecule has 1 aromatic heterocycles. The van der Waals surface area contributed by atoms with Gasteiger partial charge in [0.2, 0.25) is 5.91 Å². The topological polar surface area (TPSA) is 71.8 Å². The van der Waals surface area contributed by atoms with E-state index in [1.54, 1.807) is 10.9 Å². The summed E-state index contributed by atoms with van der Waals surface area (Å²) < 4.78 is 1.76. The van der Waals surface area contributed by atoms with E-state index in [4.69, 9.17) is 0 Å². The lowest BCUT2D eigenvalue weighted by atomic mass is 10.4. The van der Waals surface area contributed by atoms with Crippen molar-refractivity contribution in [3.8, 4) is 0 Å². The summed E-state index contributed by atoms with van der Waals surface area (Å²) in [5.41, 5.74) is 0. The van der Waals surface area contributed by atoms with E-state index in [0.29, 0.717) is 19.0 Å². The molecule has 1 aliphatic rings. The molecule has 88 valence electrons. The molecule has 0 aromatic carbocycles. The SMILES string of the molecule is O=C(CCNCCn1ccnn1)NC1CC1. The van der Waals surface area contributed by atoms with E-state index in [1.165, 1.54) is 0 Å². The van der Waals surface area contributed by atoms with Gasteiger partial charge in [-0.15, -0.1) is 5.10 Å². The lowest BCUT2D eigenvalue weighted by molar-refractivity contribution is -0.121. The molecule has 0 unspecified atom stereocenters. The van der Waals surface area contributed by atoms with Gasteiger partial charge in [-0.3, -0.25) is 9.48 Å². The summed E-state index contributed by atoms with van der Waals surface area (Å²) >= 11 is 0. The van der Waals surface area contributed by atoms with Crippen LogP contribution in [0.25, 0.3) is 0 Å². The number of amides is 1. The minimum absolute atomic E-state index is 0.149. The fourth-order valence-corrected chi connectivity index (χ4v) is 1.40. The van der Waals surface area contributed by atoms with Crippen LogP contribution < -0.4 is 10.6 Å². The molecule has 1 aliphatic carbocycles. The highest BCUT2D eigenvalue weighted by atomic mass is 16.1. The Bertz CT molecular complexity index is 320. The molecule has 6 heteroatoms. The summed E-state index contributed by atoms with van der Waals surface area (Å²) in [6.45, 7) is 2.30. The summed E-state index contributed by atoms with van der Waals surface area (Å²) in [4.78, 5) is 11.3. The van der Waals surface area contributed by atoms with Gasteiger partial charge >= 0.3 is 0 Å². The van der Waals surface area contributed by atoms with E-state index in [-0.39, 0.29) is 5.91 Å². The minimum atomic E-state index is 0.149. The predicted molar refractivity (Wildman–Crippen MR) is 58.7 cm³/mol. The maximum Gasteiger partial charge on any atom is 0.221 e. The van der Waals surface area contributed by atoms with Crippen molar-refractivity contribution in [3.63, 3.8) is 0 Å². The van der Waals surface area contributed by atoms with Gasteiger partial charge in [-0.2, -0.15) is 0 Å². The highest BCUT2D eigenvalue weighted by Gasteiger charge is 2.22. The number of hydrogen-bond acceptors (Lipinski definition) is 4. The van der Waals surface area contributed by atoms with Crippen molar-refractivity contribution in [1.29, 1.82) is 0 Å². The zero-order valence-corrected chi connectivity index (χ0v) is 9.22. The maximum atomic E-state index is 11.3. The Morgan fingerprint density at radius 2 is 2.31 bits per heavy atom. The first-order chi connectivity index (χ1) is 7.84. The normalized spacial score (nSPS) is 15.0. The lowest BCUT2D eigenvalue weighted by Crippen LogP contribution is -2.30. The van der Waals surface area contributed by atoms with Crippen LogP contribution in [0.1, 0.15) is 19.3 Å². The van der Waals surface area contributed by atoms with Gasteiger partial charge in [0, 0.05) is 31.7 Å². The van der Waals surface area contributed by atoms with Crippen LogP contribution in [0.4, 0.5) is 0 Å². The van der Waals surface area contributed by atoms with Crippen LogP contribution in [0.2, 0.25) is 0 Å². The largest absolute Gasteiger partial charge is 0.353 e. The van der Waals surface area contributed by atoms with Crippen molar-refractivity contribution in [2.75, 3.05) is 13.1 Å². The van der Waals surface area contributed by atoms with E-state index in [9.17, 15) is 4.79 Å². The average Bonchev–Trinajstić information content (AvgIpc) is 2.93. The van der Waals surface area contributed by atoms with E-state index in [0.717, 1.165) is 25.9 Å². The van der Waals surface area contributed by atoms with Gasteiger partial charge in [0.15, 0.2) is 0 Å². The maximum absolute atomic E-state index is 11.3. The van der Waals surface area contributed by atoms with Crippen LogP contribution in [0.3, 0.4) is 0 Å². The highest BCUT2D eigenvalue weighted by molar-refractivity contribution is 5.76. The Morgan fingerprint density at radius 3 is 3.00 bits per heavy atom. The summed E-state index contributed by atoms with van der Waals surface area (Å²) in [5, 5.41) is 13.7. The Balaban J connectivity index is 1.46. The summed E-state index contributed by atoms with van der Waals surface area (Å²) in [6.07, 6.45) is 6.31. The molecule has 0 spiro atoms. The van der Waals surface area contributed by atoms with Gasteiger partial charge in [-0.05, 0) is 12.8 Å². The summed E-state index contributed by atoms with van der Waals surface area (Å²) in [7, 11) is 0. The number of rotatable bonds is 7. The summed E-state index contributed by atoms with van der Waals surface area (Å²) in [5.74, 6) is 0.149. The molecule has 1 saturated carbocycles. The smallest absolute Gasteiger partial charge is 0.221 e. The molecule has 1 heterocycles. The number of nitrogens with one attached hydrogen (secondary N) is 2. The van der Waals surface area contributed by atoms with Gasteiger partial charge in [-0.25, -0.2) is 0 Å². The van der Waals surface area contributed by atoms with Gasteiger partial charge in [0.25, 0.3) is 0 Å². The van der Waals surface area contributed by atoms with Gasteiger partial charge < -0.3 is 10.6 Å². The van der Waals surface area contributed by atoms with Crippen LogP contribution >= 0.6 is 0 Å². The molecule has 0 atom stereocenters. The van der Waals surface area contributed by atoms with Gasteiger partial charge in [0.1, 0.15) is 0 Å². The fraction of sp³-hybridized carbons (Fsp3) is 0.700. The zero-order valence-electron chi connectivity index (χ0n) is 9.22. The Hall–Kier alpha value is -1.43. The minimum Gasteiger partial charge on any atom is -0.353 e. The van der Waals surface area contributed by atoms with Crippen LogP contribution in [-0.4, -0.2) is 40.0 Å². The summed E-state index contributed by atoms with van der Waals surface area (Å²) in [6, 6.07) is 0.461. The Kier molecular flexibility index (Phi) is 3.87. The molecule has 16 heavy (non-hydrogen) atoms. The quantitative estimate of drug-likeness (QED) is 0.613. The standard InChI is InChI=1S/C10H17N5O/c16-10(13-9-1-2-9)3-4-11-5-7-15-8-6-12-14-15/h6,8-9,11H,1-5,7H2,(H,13,16). The average molecular weight is 223 g/mol. The molecule has 1 aromatic rings. The third-order valence-corrected chi connectivity index (χ3v) is 2.46. The van der Waals surface area contributed by atoms with Crippen LogP contribution in [0, 0.1) is 0 Å². The fourth-order valence-electron chi connectivity index (χ4n) is 1.40. The molecular formula is C10H17N5O. The predicted octanol–water partition coefficient (Wildman–Crippen LogP) is -0.464. The van der Waals surface area contributed by atoms with Crippen LogP contribution in [0.15, 0.2) is 12.4 Å². The lowest BCUT2D eigenvalue weighted by Gasteiger charge is -2.05. The van der Waals surface area contributed by atoms with Crippen molar-refractivity contribution >= 4 is 5.91 Å². The third kappa shape index (κ3) is 3.98. The second-order valence-corrected chi connectivity index (χ2v) is 4.01. The van der Waals surface area contributed by atoms with Crippen molar-refractivity contribution in [2.24, 2.45) is 0 Å². The van der Waals surface area contributed by atoms with Crippen molar-refractivity contribution in [2.45, 2.75) is 31.8 Å². The van der Waals surface area contributed by atoms with Crippen molar-refractivity contribution < 1.29 is 4.79 Å². The van der Waals surface area contributed by atoms with Crippen molar-refractivity contribution in [3.05, 3.63) is 12.4 Å². The molecular weight excluding hydrogens is 206 g/mol. The van der Waals surface area contributed by atoms with E-state index in [2.05, 4.69) is 20.9 Å². The first kappa shape index (κ1) is 11.1. The van der Waals surface area contributed by atoms with E-state index in [1.807, 2.05) is 6.20 Å². The van der Waals surface area contributed by atoms with Gasteiger partial charge in [-0.1, -0.05) is 5.21 Å². The molecule has 0 radical (unpaired) electrons. The van der Waals surface area contributed by atoms with Gasteiger partial charge in [0.05, 0.1) is 12.7 Å². The number of carbonyl (C=O) groups is 1. The number of aromatic nitrogens is 3. The molecule has 1 amide bonds. The Morgan fingerprint density at radius 1 is 1.44 bits per heavy atom. The second-order valence-electron chi connectivity index (χ2n) is 4.01. The van der Waals surface area contributed by atoms with Crippen LogP contribution in [-0.2, 0) is 11.3 Å². The van der Waals surface area contributed by atoms with E-state index >= 15 is 0 Å². The zero-order chi connectivity index (χ0) is 11.2. The first-order valence-corrected chi connectivity index (χ1v) is 5.69. The molecule has 2 rings (SSSR count). The third-order valence-electron chi connectivity index (χ3n) is 2.46. The molecule has 0 bridgehead atoms. The monoisotopic (exact) mass is 223 g/mol. The molecule has 0 saturated heterocycles.